The van der Waals surface area contributed by atoms with E-state index in [2.05, 4.69) is 4.90 Å². The lowest BCUT2D eigenvalue weighted by Gasteiger charge is -2.45. The summed E-state index contributed by atoms with van der Waals surface area (Å²) in [4.78, 5) is 2.20. The van der Waals surface area contributed by atoms with Crippen molar-refractivity contribution in [3.8, 4) is 0 Å². The molecule has 3 atom stereocenters. The number of nitrogens with two attached hydrogens (primary N) is 1. The highest BCUT2D eigenvalue weighted by Crippen LogP contribution is 2.36. The minimum absolute atomic E-state index is 0.169. The second-order valence-electron chi connectivity index (χ2n) is 4.93. The van der Waals surface area contributed by atoms with Crippen LogP contribution in [-0.4, -0.2) is 38.2 Å². The molecule has 0 aromatic heterocycles. The first-order chi connectivity index (χ1) is 7.00. The van der Waals surface area contributed by atoms with Crippen LogP contribution in [0.15, 0.2) is 0 Å². The van der Waals surface area contributed by atoms with Crippen LogP contribution in [0.4, 0.5) is 0 Å². The number of sulfonamides is 1. The molecule has 0 spiro atoms. The Morgan fingerprint density at radius 2 is 1.87 bits per heavy atom. The molecule has 2 aliphatic rings. The monoisotopic (exact) mass is 232 g/mol. The van der Waals surface area contributed by atoms with Crippen molar-refractivity contribution in [2.45, 2.75) is 43.4 Å². The third-order valence-electron chi connectivity index (χ3n) is 3.94. The van der Waals surface area contributed by atoms with Crippen LogP contribution in [0.3, 0.4) is 0 Å². The van der Waals surface area contributed by atoms with Crippen LogP contribution in [0, 0.1) is 5.92 Å². The molecular formula is C10H20N2O2S. The molecule has 88 valence electrons. The molecule has 0 bridgehead atoms. The Morgan fingerprint density at radius 1 is 1.20 bits per heavy atom. The Kier molecular flexibility index (Phi) is 3.05. The minimum atomic E-state index is -3.37. The van der Waals surface area contributed by atoms with Crippen LogP contribution in [-0.2, 0) is 10.0 Å². The van der Waals surface area contributed by atoms with Crippen molar-refractivity contribution in [3.05, 3.63) is 0 Å². The van der Waals surface area contributed by atoms with Gasteiger partial charge < -0.3 is 4.90 Å². The van der Waals surface area contributed by atoms with E-state index in [1.54, 1.807) is 0 Å². The second-order valence-corrected chi connectivity index (χ2v) is 6.72. The molecule has 0 unspecified atom stereocenters. The fourth-order valence-electron chi connectivity index (χ4n) is 3.30. The number of hydrogen-bond donors (Lipinski definition) is 1. The third-order valence-corrected chi connectivity index (χ3v) is 5.30. The summed E-state index contributed by atoms with van der Waals surface area (Å²) in [5.41, 5.74) is 0. The third kappa shape index (κ3) is 2.19. The zero-order valence-corrected chi connectivity index (χ0v) is 10.0. The van der Waals surface area contributed by atoms with Crippen LogP contribution >= 0.6 is 0 Å². The highest BCUT2D eigenvalue weighted by Gasteiger charge is 2.42. The zero-order valence-electron chi connectivity index (χ0n) is 9.22. The van der Waals surface area contributed by atoms with E-state index in [0.717, 1.165) is 19.4 Å². The van der Waals surface area contributed by atoms with Gasteiger partial charge in [-0.15, -0.1) is 0 Å². The van der Waals surface area contributed by atoms with Crippen molar-refractivity contribution in [3.63, 3.8) is 0 Å². The summed E-state index contributed by atoms with van der Waals surface area (Å²) in [6.45, 7) is 1.01. The Labute approximate surface area is 91.9 Å². The van der Waals surface area contributed by atoms with Crippen LogP contribution in [0.1, 0.15) is 32.1 Å². The summed E-state index contributed by atoms with van der Waals surface area (Å²) in [6.07, 6.45) is 5.28. The highest BCUT2D eigenvalue weighted by molar-refractivity contribution is 7.89. The molecule has 0 amide bonds. The van der Waals surface area contributed by atoms with Gasteiger partial charge in [0.1, 0.15) is 0 Å². The van der Waals surface area contributed by atoms with Crippen LogP contribution in [0.2, 0.25) is 0 Å². The highest BCUT2D eigenvalue weighted by atomic mass is 32.2. The van der Waals surface area contributed by atoms with E-state index >= 15 is 0 Å². The van der Waals surface area contributed by atoms with Crippen molar-refractivity contribution in [1.82, 2.24) is 4.90 Å². The van der Waals surface area contributed by atoms with Crippen molar-refractivity contribution in [1.29, 1.82) is 0 Å². The van der Waals surface area contributed by atoms with Crippen LogP contribution in [0.5, 0.6) is 0 Å². The predicted octanol–water partition coefficient (Wildman–Crippen LogP) is 0.538. The van der Waals surface area contributed by atoms with E-state index in [-0.39, 0.29) is 11.3 Å². The van der Waals surface area contributed by atoms with Gasteiger partial charge in [-0.1, -0.05) is 6.42 Å². The Bertz CT molecular complexity index is 326. The summed E-state index contributed by atoms with van der Waals surface area (Å²) < 4.78 is 23.1. The van der Waals surface area contributed by atoms with Crippen molar-refractivity contribution < 1.29 is 8.42 Å². The molecule has 15 heavy (non-hydrogen) atoms. The van der Waals surface area contributed by atoms with Gasteiger partial charge in [0, 0.05) is 6.04 Å². The molecule has 0 aromatic carbocycles. The number of fused-ring (bicyclic) bond motifs is 1. The molecule has 1 aliphatic heterocycles. The van der Waals surface area contributed by atoms with E-state index in [1.807, 2.05) is 7.05 Å². The van der Waals surface area contributed by atoms with Gasteiger partial charge in [-0.2, -0.15) is 0 Å². The van der Waals surface area contributed by atoms with E-state index in [0.29, 0.717) is 5.92 Å². The van der Waals surface area contributed by atoms with Crippen molar-refractivity contribution in [2.75, 3.05) is 13.6 Å². The van der Waals surface area contributed by atoms with Crippen LogP contribution in [0.25, 0.3) is 0 Å². The first kappa shape index (κ1) is 11.4. The molecule has 2 fully saturated rings. The van der Waals surface area contributed by atoms with Crippen LogP contribution < -0.4 is 5.14 Å². The molecule has 0 aromatic rings. The number of piperidine rings is 1. The van der Waals surface area contributed by atoms with Gasteiger partial charge >= 0.3 is 0 Å². The van der Waals surface area contributed by atoms with Gasteiger partial charge in [0.2, 0.25) is 10.0 Å². The lowest BCUT2D eigenvalue weighted by Crippen LogP contribution is -2.55. The fourth-order valence-corrected chi connectivity index (χ4v) is 4.61. The number of likely N-dealkylation sites (tertiary alicyclic amines) is 1. The summed E-state index contributed by atoms with van der Waals surface area (Å²) in [5, 5.41) is 4.99. The van der Waals surface area contributed by atoms with Gasteiger partial charge in [0.05, 0.1) is 5.25 Å². The molecule has 0 radical (unpaired) electrons. The molecule has 2 rings (SSSR count). The molecule has 1 heterocycles. The summed E-state index contributed by atoms with van der Waals surface area (Å²) >= 11 is 0. The van der Waals surface area contributed by atoms with Gasteiger partial charge in [0.25, 0.3) is 0 Å². The minimum Gasteiger partial charge on any atom is -0.302 e. The van der Waals surface area contributed by atoms with E-state index in [1.165, 1.54) is 19.3 Å². The molecular weight excluding hydrogens is 212 g/mol. The first-order valence-electron chi connectivity index (χ1n) is 5.72. The number of primary sulfonamides is 1. The molecule has 2 N–H and O–H groups in total. The molecule has 1 saturated heterocycles. The maximum absolute atomic E-state index is 11.5. The predicted molar refractivity (Wildman–Crippen MR) is 59.9 cm³/mol. The fraction of sp³-hybridized carbons (Fsp3) is 1.00. The van der Waals surface area contributed by atoms with Gasteiger partial charge in [-0.3, -0.25) is 0 Å². The number of hydrogen-bond acceptors (Lipinski definition) is 3. The molecule has 5 heteroatoms. The maximum Gasteiger partial charge on any atom is 0.213 e. The van der Waals surface area contributed by atoms with E-state index < -0.39 is 10.0 Å². The van der Waals surface area contributed by atoms with Gasteiger partial charge in [-0.25, -0.2) is 13.6 Å². The summed E-state index contributed by atoms with van der Waals surface area (Å²) in [6, 6.07) is 0.169. The molecule has 1 aliphatic carbocycles. The maximum atomic E-state index is 11.5. The number of rotatable bonds is 1. The SMILES string of the molecule is CN1CCC[C@@H]2CCC[C@H](S(N)(=O)=O)[C@@H]21. The normalized spacial score (nSPS) is 38.7. The topological polar surface area (TPSA) is 63.4 Å². The van der Waals surface area contributed by atoms with Crippen molar-refractivity contribution >= 4 is 10.0 Å². The Hall–Kier alpha value is -0.130. The second kappa shape index (κ2) is 4.03. The quantitative estimate of drug-likeness (QED) is 0.717. The lowest BCUT2D eigenvalue weighted by molar-refractivity contribution is 0.0867. The van der Waals surface area contributed by atoms with Crippen molar-refractivity contribution in [2.24, 2.45) is 11.1 Å². The lowest BCUT2D eigenvalue weighted by atomic mass is 9.78. The Morgan fingerprint density at radius 3 is 2.53 bits per heavy atom. The average Bonchev–Trinajstić information content (AvgIpc) is 2.16. The molecule has 1 saturated carbocycles. The Balaban J connectivity index is 2.24. The number of nitrogens with zero attached hydrogens (tertiary/aromatic N) is 1. The standard InChI is InChI=1S/C10H20N2O2S/c1-12-7-3-5-8-4-2-6-9(10(8)12)15(11,13)14/h8-10H,2-7H2,1H3,(H2,11,13,14)/t8-,9-,10+/m0/s1. The first-order valence-corrected chi connectivity index (χ1v) is 7.33. The van der Waals surface area contributed by atoms with E-state index in [4.69, 9.17) is 5.14 Å². The van der Waals surface area contributed by atoms with E-state index in [9.17, 15) is 8.42 Å². The smallest absolute Gasteiger partial charge is 0.213 e. The largest absolute Gasteiger partial charge is 0.302 e. The summed E-state index contributed by atoms with van der Waals surface area (Å²) in [5.74, 6) is 0.542. The average molecular weight is 232 g/mol. The summed E-state index contributed by atoms with van der Waals surface area (Å²) in [7, 11) is -1.34. The molecule has 4 nitrogen and oxygen atoms in total. The van der Waals surface area contributed by atoms with Gasteiger partial charge in [0.15, 0.2) is 0 Å². The zero-order chi connectivity index (χ0) is 11.1. The van der Waals surface area contributed by atoms with Gasteiger partial charge in [-0.05, 0) is 45.2 Å².